The number of carbonyl (C=O) groups is 1. The number of rotatable bonds is 13. The van der Waals surface area contributed by atoms with E-state index in [9.17, 15) is 4.79 Å². The molecule has 1 atom stereocenters. The molecule has 0 spiro atoms. The van der Waals surface area contributed by atoms with Crippen molar-refractivity contribution in [1.29, 1.82) is 0 Å². The largest absolute Gasteiger partial charge is 0.352 e. The summed E-state index contributed by atoms with van der Waals surface area (Å²) in [5.74, 6) is 0.845. The van der Waals surface area contributed by atoms with Crippen molar-refractivity contribution in [3.63, 3.8) is 0 Å². The summed E-state index contributed by atoms with van der Waals surface area (Å²) in [5, 5.41) is 2.68. The van der Waals surface area contributed by atoms with Crippen LogP contribution in [0.2, 0.25) is 0 Å². The molecule has 114 valence electrons. The number of hydrogen-bond acceptors (Lipinski definition) is 1. The van der Waals surface area contributed by atoms with E-state index in [2.05, 4.69) is 19.2 Å². The number of urea groups is 1. The standard InChI is InChI=1S/C16H34N2O/c1-3-5-7-9-12-15(11-8-6-4-2)13-10-14-18-16(17)19/h15H,3-14H2,1-2H3,(H3,17,18,19). The van der Waals surface area contributed by atoms with Gasteiger partial charge < -0.3 is 11.1 Å². The van der Waals surface area contributed by atoms with Gasteiger partial charge in [0.1, 0.15) is 0 Å². The van der Waals surface area contributed by atoms with E-state index in [4.69, 9.17) is 5.73 Å². The Morgan fingerprint density at radius 2 is 1.42 bits per heavy atom. The molecule has 0 radical (unpaired) electrons. The summed E-state index contributed by atoms with van der Waals surface area (Å²) in [6.45, 7) is 5.25. The molecule has 0 heterocycles. The van der Waals surface area contributed by atoms with Gasteiger partial charge in [-0.25, -0.2) is 4.79 Å². The van der Waals surface area contributed by atoms with Gasteiger partial charge >= 0.3 is 6.03 Å². The Bertz CT molecular complexity index is 207. The fourth-order valence-corrected chi connectivity index (χ4v) is 2.58. The molecule has 0 fully saturated rings. The second-order valence-electron chi connectivity index (χ2n) is 5.64. The molecule has 0 aliphatic heterocycles. The van der Waals surface area contributed by atoms with Crippen LogP contribution in [0.3, 0.4) is 0 Å². The molecule has 2 amide bonds. The number of carbonyl (C=O) groups excluding carboxylic acids is 1. The van der Waals surface area contributed by atoms with Crippen molar-refractivity contribution >= 4 is 6.03 Å². The number of nitrogens with two attached hydrogens (primary N) is 1. The van der Waals surface area contributed by atoms with Gasteiger partial charge in [0, 0.05) is 6.54 Å². The van der Waals surface area contributed by atoms with Crippen molar-refractivity contribution in [1.82, 2.24) is 5.32 Å². The highest BCUT2D eigenvalue weighted by Gasteiger charge is 2.08. The Labute approximate surface area is 119 Å². The van der Waals surface area contributed by atoms with E-state index in [1.807, 2.05) is 0 Å². The fourth-order valence-electron chi connectivity index (χ4n) is 2.58. The van der Waals surface area contributed by atoms with E-state index < -0.39 is 6.03 Å². The molecule has 0 aromatic heterocycles. The van der Waals surface area contributed by atoms with Crippen LogP contribution in [0.4, 0.5) is 4.79 Å². The summed E-state index contributed by atoms with van der Waals surface area (Å²) in [4.78, 5) is 10.6. The molecule has 1 unspecified atom stereocenters. The molecule has 3 nitrogen and oxygen atoms in total. The van der Waals surface area contributed by atoms with Crippen LogP contribution in [0.25, 0.3) is 0 Å². The summed E-state index contributed by atoms with van der Waals surface area (Å²) in [7, 11) is 0. The quantitative estimate of drug-likeness (QED) is 0.472. The van der Waals surface area contributed by atoms with E-state index in [-0.39, 0.29) is 0 Å². The van der Waals surface area contributed by atoms with Gasteiger partial charge in [0.15, 0.2) is 0 Å². The number of primary amides is 1. The smallest absolute Gasteiger partial charge is 0.312 e. The van der Waals surface area contributed by atoms with Crippen molar-refractivity contribution in [3.05, 3.63) is 0 Å². The van der Waals surface area contributed by atoms with Gasteiger partial charge in [0.05, 0.1) is 0 Å². The van der Waals surface area contributed by atoms with Crippen molar-refractivity contribution in [2.75, 3.05) is 6.54 Å². The maximum absolute atomic E-state index is 10.6. The number of unbranched alkanes of at least 4 members (excludes halogenated alkanes) is 5. The molecule has 0 aromatic rings. The molecular weight excluding hydrogens is 236 g/mol. The minimum absolute atomic E-state index is 0.398. The highest BCUT2D eigenvalue weighted by atomic mass is 16.2. The Balaban J connectivity index is 3.72. The second-order valence-corrected chi connectivity index (χ2v) is 5.64. The first-order valence-electron chi connectivity index (χ1n) is 8.24. The van der Waals surface area contributed by atoms with Crippen LogP contribution < -0.4 is 11.1 Å². The highest BCUT2D eigenvalue weighted by Crippen LogP contribution is 2.22. The summed E-state index contributed by atoms with van der Waals surface area (Å²) in [6, 6.07) is -0.398. The molecule has 3 heteroatoms. The van der Waals surface area contributed by atoms with Crippen LogP contribution in [-0.2, 0) is 0 Å². The average molecular weight is 270 g/mol. The fraction of sp³-hybridized carbons (Fsp3) is 0.938. The summed E-state index contributed by atoms with van der Waals surface area (Å²) < 4.78 is 0. The van der Waals surface area contributed by atoms with Gasteiger partial charge in [-0.1, -0.05) is 71.6 Å². The zero-order chi connectivity index (χ0) is 14.3. The first-order chi connectivity index (χ1) is 9.20. The van der Waals surface area contributed by atoms with Gasteiger partial charge in [-0.2, -0.15) is 0 Å². The molecule has 19 heavy (non-hydrogen) atoms. The summed E-state index contributed by atoms with van der Waals surface area (Å²) >= 11 is 0. The molecule has 0 aromatic carbocycles. The minimum Gasteiger partial charge on any atom is -0.352 e. The predicted octanol–water partition coefficient (Wildman–Crippen LogP) is 4.60. The number of hydrogen-bond donors (Lipinski definition) is 2. The van der Waals surface area contributed by atoms with E-state index >= 15 is 0 Å². The van der Waals surface area contributed by atoms with Crippen LogP contribution in [0.1, 0.15) is 84.5 Å². The van der Waals surface area contributed by atoms with E-state index in [0.717, 1.165) is 18.9 Å². The van der Waals surface area contributed by atoms with Crippen molar-refractivity contribution in [2.45, 2.75) is 84.5 Å². The third-order valence-electron chi connectivity index (χ3n) is 3.77. The molecular formula is C16H34N2O. The lowest BCUT2D eigenvalue weighted by atomic mass is 9.91. The van der Waals surface area contributed by atoms with Crippen LogP contribution in [0.15, 0.2) is 0 Å². The lowest BCUT2D eigenvalue weighted by molar-refractivity contribution is 0.248. The molecule has 3 N–H and O–H groups in total. The lowest BCUT2D eigenvalue weighted by Gasteiger charge is -2.16. The van der Waals surface area contributed by atoms with Gasteiger partial charge in [-0.05, 0) is 18.8 Å². The highest BCUT2D eigenvalue weighted by molar-refractivity contribution is 5.71. The third kappa shape index (κ3) is 13.5. The molecule has 0 rings (SSSR count). The van der Waals surface area contributed by atoms with Crippen molar-refractivity contribution in [2.24, 2.45) is 11.7 Å². The second kappa shape index (κ2) is 13.7. The summed E-state index contributed by atoms with van der Waals surface area (Å²) in [6.07, 6.45) is 14.4. The lowest BCUT2D eigenvalue weighted by Crippen LogP contribution is -2.30. The third-order valence-corrected chi connectivity index (χ3v) is 3.77. The van der Waals surface area contributed by atoms with Crippen LogP contribution >= 0.6 is 0 Å². The minimum atomic E-state index is -0.398. The molecule has 0 bridgehead atoms. The SMILES string of the molecule is CCCCCCC(CCCCC)CCCNC(N)=O. The molecule has 0 saturated heterocycles. The van der Waals surface area contributed by atoms with E-state index in [0.29, 0.717) is 0 Å². The Morgan fingerprint density at radius 3 is 2.00 bits per heavy atom. The van der Waals surface area contributed by atoms with Gasteiger partial charge in [-0.3, -0.25) is 0 Å². The zero-order valence-corrected chi connectivity index (χ0v) is 13.0. The first kappa shape index (κ1) is 18.3. The number of amides is 2. The van der Waals surface area contributed by atoms with Crippen LogP contribution in [0.5, 0.6) is 0 Å². The molecule has 0 saturated carbocycles. The normalized spacial score (nSPS) is 12.3. The van der Waals surface area contributed by atoms with Gasteiger partial charge in [0.25, 0.3) is 0 Å². The maximum atomic E-state index is 10.6. The average Bonchev–Trinajstić information content (AvgIpc) is 2.38. The number of nitrogens with one attached hydrogen (secondary N) is 1. The van der Waals surface area contributed by atoms with E-state index in [1.165, 1.54) is 64.2 Å². The monoisotopic (exact) mass is 270 g/mol. The van der Waals surface area contributed by atoms with E-state index in [1.54, 1.807) is 0 Å². The summed E-state index contributed by atoms with van der Waals surface area (Å²) in [5.41, 5.74) is 5.07. The van der Waals surface area contributed by atoms with Crippen molar-refractivity contribution < 1.29 is 4.79 Å². The Hall–Kier alpha value is -0.730. The van der Waals surface area contributed by atoms with Gasteiger partial charge in [0.2, 0.25) is 0 Å². The molecule has 0 aliphatic rings. The van der Waals surface area contributed by atoms with Crippen molar-refractivity contribution in [3.8, 4) is 0 Å². The Kier molecular flexibility index (Phi) is 13.2. The first-order valence-corrected chi connectivity index (χ1v) is 8.24. The maximum Gasteiger partial charge on any atom is 0.312 e. The van der Waals surface area contributed by atoms with Crippen LogP contribution in [0, 0.1) is 5.92 Å². The predicted molar refractivity (Wildman–Crippen MR) is 83.2 cm³/mol. The topological polar surface area (TPSA) is 55.1 Å². The van der Waals surface area contributed by atoms with Crippen LogP contribution in [-0.4, -0.2) is 12.6 Å². The zero-order valence-electron chi connectivity index (χ0n) is 13.0. The molecule has 0 aliphatic carbocycles. The van der Waals surface area contributed by atoms with Gasteiger partial charge in [-0.15, -0.1) is 0 Å². The Morgan fingerprint density at radius 1 is 0.895 bits per heavy atom.